The molecule has 3 heteroatoms. The Morgan fingerprint density at radius 3 is 2.81 bits per heavy atom. The van der Waals surface area contributed by atoms with Gasteiger partial charge in [0, 0.05) is 0 Å². The smallest absolute Gasteiger partial charge is 0.133 e. The molecule has 0 amide bonds. The standard InChI is InChI=1S/C13H16BrNO/c1-4-8-15-12(5-2)10-6-7-13(16-3)11(14)9-10/h2,6-7,9,12,15H,4,8H2,1,3H3. The fraction of sp³-hybridized carbons (Fsp3) is 0.385. The molecule has 86 valence electrons. The number of rotatable bonds is 5. The van der Waals surface area contributed by atoms with Gasteiger partial charge in [-0.25, -0.2) is 0 Å². The molecule has 1 unspecified atom stereocenters. The number of nitrogens with one attached hydrogen (secondary N) is 1. The molecule has 0 aliphatic heterocycles. The lowest BCUT2D eigenvalue weighted by Crippen LogP contribution is -2.20. The molecule has 0 saturated heterocycles. The van der Waals surface area contributed by atoms with Crippen LogP contribution in [0.1, 0.15) is 24.9 Å². The number of halogens is 1. The SMILES string of the molecule is C#CC(NCCC)c1ccc(OC)c(Br)c1. The van der Waals surface area contributed by atoms with Crippen LogP contribution >= 0.6 is 15.9 Å². The second kappa shape index (κ2) is 6.57. The maximum atomic E-state index is 5.51. The highest BCUT2D eigenvalue weighted by atomic mass is 79.9. The summed E-state index contributed by atoms with van der Waals surface area (Å²) < 4.78 is 6.10. The molecule has 1 atom stereocenters. The number of benzene rings is 1. The molecule has 1 aromatic rings. The Bertz CT molecular complexity index is 384. The van der Waals surface area contributed by atoms with Crippen molar-refractivity contribution in [3.05, 3.63) is 28.2 Å². The summed E-state index contributed by atoms with van der Waals surface area (Å²) in [4.78, 5) is 0. The van der Waals surface area contributed by atoms with E-state index in [0.717, 1.165) is 28.8 Å². The molecule has 1 rings (SSSR count). The van der Waals surface area contributed by atoms with Crippen LogP contribution in [-0.4, -0.2) is 13.7 Å². The fourth-order valence-electron chi connectivity index (χ4n) is 1.42. The molecule has 1 N–H and O–H groups in total. The van der Waals surface area contributed by atoms with Gasteiger partial charge in [-0.3, -0.25) is 0 Å². The molecule has 0 aliphatic rings. The van der Waals surface area contributed by atoms with Crippen LogP contribution < -0.4 is 10.1 Å². The first-order chi connectivity index (χ1) is 7.72. The number of hydrogen-bond acceptors (Lipinski definition) is 2. The summed E-state index contributed by atoms with van der Waals surface area (Å²) in [6.45, 7) is 3.03. The summed E-state index contributed by atoms with van der Waals surface area (Å²) in [6.07, 6.45) is 6.57. The second-order valence-electron chi connectivity index (χ2n) is 3.45. The maximum absolute atomic E-state index is 5.51. The van der Waals surface area contributed by atoms with Crippen molar-refractivity contribution in [3.8, 4) is 18.1 Å². The van der Waals surface area contributed by atoms with E-state index in [1.807, 2.05) is 18.2 Å². The number of terminal acetylenes is 1. The second-order valence-corrected chi connectivity index (χ2v) is 4.30. The van der Waals surface area contributed by atoms with E-state index < -0.39 is 0 Å². The topological polar surface area (TPSA) is 21.3 Å². The van der Waals surface area contributed by atoms with Crippen LogP contribution in [0.4, 0.5) is 0 Å². The zero-order valence-corrected chi connectivity index (χ0v) is 11.2. The van der Waals surface area contributed by atoms with Crippen molar-refractivity contribution < 1.29 is 4.74 Å². The van der Waals surface area contributed by atoms with E-state index in [1.54, 1.807) is 7.11 Å². The summed E-state index contributed by atoms with van der Waals surface area (Å²) >= 11 is 3.45. The van der Waals surface area contributed by atoms with Gasteiger partial charge in [-0.2, -0.15) is 0 Å². The monoisotopic (exact) mass is 281 g/mol. The van der Waals surface area contributed by atoms with E-state index in [0.29, 0.717) is 0 Å². The van der Waals surface area contributed by atoms with Gasteiger partial charge in [0.05, 0.1) is 17.6 Å². The average molecular weight is 282 g/mol. The minimum Gasteiger partial charge on any atom is -0.496 e. The summed E-state index contributed by atoms with van der Waals surface area (Å²) in [5.74, 6) is 3.56. The molecule has 0 aromatic heterocycles. The van der Waals surface area contributed by atoms with Crippen LogP contribution in [0, 0.1) is 12.3 Å². The van der Waals surface area contributed by atoms with Gasteiger partial charge in [-0.1, -0.05) is 18.9 Å². The van der Waals surface area contributed by atoms with Crippen molar-refractivity contribution in [2.45, 2.75) is 19.4 Å². The zero-order chi connectivity index (χ0) is 12.0. The van der Waals surface area contributed by atoms with Crippen LogP contribution in [-0.2, 0) is 0 Å². The van der Waals surface area contributed by atoms with Gasteiger partial charge in [-0.05, 0) is 46.6 Å². The van der Waals surface area contributed by atoms with Crippen LogP contribution in [0.2, 0.25) is 0 Å². The van der Waals surface area contributed by atoms with Gasteiger partial charge >= 0.3 is 0 Å². The highest BCUT2D eigenvalue weighted by molar-refractivity contribution is 9.10. The molecule has 0 radical (unpaired) electrons. The minimum absolute atomic E-state index is 0.0397. The first-order valence-corrected chi connectivity index (χ1v) is 6.05. The van der Waals surface area contributed by atoms with Crippen molar-refractivity contribution in [2.24, 2.45) is 0 Å². The summed E-state index contributed by atoms with van der Waals surface area (Å²) in [5, 5.41) is 3.30. The van der Waals surface area contributed by atoms with Gasteiger partial charge in [0.25, 0.3) is 0 Å². The molecular formula is C13H16BrNO. The first kappa shape index (κ1) is 13.1. The lowest BCUT2D eigenvalue weighted by Gasteiger charge is -2.14. The van der Waals surface area contributed by atoms with Crippen LogP contribution in [0.3, 0.4) is 0 Å². The summed E-state index contributed by atoms with van der Waals surface area (Å²) in [5.41, 5.74) is 1.07. The lowest BCUT2D eigenvalue weighted by atomic mass is 10.1. The van der Waals surface area contributed by atoms with Gasteiger partial charge in [0.15, 0.2) is 0 Å². The largest absolute Gasteiger partial charge is 0.496 e. The fourth-order valence-corrected chi connectivity index (χ4v) is 1.98. The highest BCUT2D eigenvalue weighted by Gasteiger charge is 2.09. The zero-order valence-electron chi connectivity index (χ0n) is 9.59. The predicted molar refractivity (Wildman–Crippen MR) is 70.6 cm³/mol. The van der Waals surface area contributed by atoms with Crippen molar-refractivity contribution in [1.29, 1.82) is 0 Å². The molecule has 0 heterocycles. The Balaban J connectivity index is 2.86. The van der Waals surface area contributed by atoms with Crippen LogP contribution in [0.15, 0.2) is 22.7 Å². The minimum atomic E-state index is -0.0397. The van der Waals surface area contributed by atoms with E-state index >= 15 is 0 Å². The van der Waals surface area contributed by atoms with Crippen LogP contribution in [0.25, 0.3) is 0 Å². The van der Waals surface area contributed by atoms with Crippen molar-refractivity contribution in [2.75, 3.05) is 13.7 Å². The molecular weight excluding hydrogens is 266 g/mol. The Hall–Kier alpha value is -0.980. The lowest BCUT2D eigenvalue weighted by molar-refractivity contribution is 0.412. The molecule has 0 spiro atoms. The summed E-state index contributed by atoms with van der Waals surface area (Å²) in [6, 6.07) is 5.85. The Kier molecular flexibility index (Phi) is 5.37. The van der Waals surface area contributed by atoms with Gasteiger partial charge in [-0.15, -0.1) is 6.42 Å². The molecule has 0 fully saturated rings. The molecule has 0 saturated carbocycles. The molecule has 2 nitrogen and oxygen atoms in total. The van der Waals surface area contributed by atoms with E-state index in [2.05, 4.69) is 34.1 Å². The third kappa shape index (κ3) is 3.26. The Morgan fingerprint density at radius 1 is 1.56 bits per heavy atom. The Labute approximate surface area is 106 Å². The van der Waals surface area contributed by atoms with Crippen LogP contribution in [0.5, 0.6) is 5.75 Å². The number of methoxy groups -OCH3 is 1. The van der Waals surface area contributed by atoms with E-state index in [1.165, 1.54) is 0 Å². The molecule has 16 heavy (non-hydrogen) atoms. The quantitative estimate of drug-likeness (QED) is 0.838. The number of ether oxygens (including phenoxy) is 1. The van der Waals surface area contributed by atoms with E-state index in [9.17, 15) is 0 Å². The van der Waals surface area contributed by atoms with Gasteiger partial charge in [0.1, 0.15) is 5.75 Å². The first-order valence-electron chi connectivity index (χ1n) is 5.25. The third-order valence-corrected chi connectivity index (χ3v) is 2.89. The van der Waals surface area contributed by atoms with Crippen molar-refractivity contribution in [1.82, 2.24) is 5.32 Å². The molecule has 1 aromatic carbocycles. The molecule has 0 aliphatic carbocycles. The van der Waals surface area contributed by atoms with Gasteiger partial charge in [0.2, 0.25) is 0 Å². The average Bonchev–Trinajstić information content (AvgIpc) is 2.30. The van der Waals surface area contributed by atoms with Crippen molar-refractivity contribution in [3.63, 3.8) is 0 Å². The normalized spacial score (nSPS) is 11.9. The van der Waals surface area contributed by atoms with Crippen molar-refractivity contribution >= 4 is 15.9 Å². The highest BCUT2D eigenvalue weighted by Crippen LogP contribution is 2.27. The summed E-state index contributed by atoms with van der Waals surface area (Å²) in [7, 11) is 1.65. The van der Waals surface area contributed by atoms with Gasteiger partial charge < -0.3 is 10.1 Å². The van der Waals surface area contributed by atoms with E-state index in [-0.39, 0.29) is 6.04 Å². The van der Waals surface area contributed by atoms with E-state index in [4.69, 9.17) is 11.2 Å². The number of hydrogen-bond donors (Lipinski definition) is 1. The third-order valence-electron chi connectivity index (χ3n) is 2.27. The molecule has 0 bridgehead atoms. The predicted octanol–water partition coefficient (Wildman–Crippen LogP) is 3.13. The Morgan fingerprint density at radius 2 is 2.31 bits per heavy atom. The maximum Gasteiger partial charge on any atom is 0.133 e.